The number of rotatable bonds is 6. The summed E-state index contributed by atoms with van der Waals surface area (Å²) in [6.45, 7) is 2.80. The van der Waals surface area contributed by atoms with Crippen LogP contribution >= 0.6 is 0 Å². The van der Waals surface area contributed by atoms with Gasteiger partial charge in [0, 0.05) is 6.08 Å². The SMILES string of the molecule is COC(=O)/C=C/c1ccc(OC)cc1CN(CC(F)(F)F)C(=O)OC(C)(C)C. The molecule has 1 rings (SSSR count). The minimum atomic E-state index is -4.61. The van der Waals surface area contributed by atoms with Crippen molar-refractivity contribution in [1.29, 1.82) is 0 Å². The predicted molar refractivity (Wildman–Crippen MR) is 96.7 cm³/mol. The van der Waals surface area contributed by atoms with E-state index in [0.717, 1.165) is 6.08 Å². The molecule has 9 heteroatoms. The Labute approximate surface area is 161 Å². The van der Waals surface area contributed by atoms with Crippen molar-refractivity contribution in [2.24, 2.45) is 0 Å². The van der Waals surface area contributed by atoms with Gasteiger partial charge in [-0.05, 0) is 50.1 Å². The number of halogens is 3. The van der Waals surface area contributed by atoms with E-state index in [1.165, 1.54) is 26.4 Å². The number of methoxy groups -OCH3 is 2. The largest absolute Gasteiger partial charge is 0.497 e. The van der Waals surface area contributed by atoms with Gasteiger partial charge in [0.25, 0.3) is 0 Å². The topological polar surface area (TPSA) is 65.1 Å². The zero-order valence-corrected chi connectivity index (χ0v) is 16.4. The molecule has 0 aromatic heterocycles. The minimum Gasteiger partial charge on any atom is -0.497 e. The smallest absolute Gasteiger partial charge is 0.410 e. The Balaban J connectivity index is 3.25. The van der Waals surface area contributed by atoms with E-state index in [4.69, 9.17) is 9.47 Å². The van der Waals surface area contributed by atoms with Crippen molar-refractivity contribution in [3.8, 4) is 5.75 Å². The molecule has 0 saturated carbocycles. The van der Waals surface area contributed by atoms with Gasteiger partial charge in [-0.1, -0.05) is 6.07 Å². The highest BCUT2D eigenvalue weighted by molar-refractivity contribution is 5.87. The van der Waals surface area contributed by atoms with Gasteiger partial charge >= 0.3 is 18.2 Å². The fraction of sp³-hybridized carbons (Fsp3) is 0.474. The number of hydrogen-bond donors (Lipinski definition) is 0. The molecule has 0 fully saturated rings. The first-order valence-corrected chi connectivity index (χ1v) is 8.32. The molecular weight excluding hydrogens is 379 g/mol. The van der Waals surface area contributed by atoms with Crippen LogP contribution in [0.3, 0.4) is 0 Å². The summed E-state index contributed by atoms with van der Waals surface area (Å²) in [5, 5.41) is 0. The molecule has 0 N–H and O–H groups in total. The van der Waals surface area contributed by atoms with Crippen molar-refractivity contribution in [1.82, 2.24) is 4.90 Å². The molecule has 0 bridgehead atoms. The number of carbonyl (C=O) groups is 2. The van der Waals surface area contributed by atoms with Gasteiger partial charge in [0.2, 0.25) is 0 Å². The third-order valence-electron chi connectivity index (χ3n) is 3.33. The van der Waals surface area contributed by atoms with Gasteiger partial charge in [-0.15, -0.1) is 0 Å². The zero-order chi connectivity index (χ0) is 21.5. The molecular formula is C19H24F3NO5. The van der Waals surface area contributed by atoms with E-state index in [0.29, 0.717) is 21.8 Å². The first-order valence-electron chi connectivity index (χ1n) is 8.32. The van der Waals surface area contributed by atoms with E-state index in [1.54, 1.807) is 32.9 Å². The van der Waals surface area contributed by atoms with E-state index in [1.807, 2.05) is 0 Å². The van der Waals surface area contributed by atoms with Gasteiger partial charge in [0.1, 0.15) is 17.9 Å². The molecule has 1 amide bonds. The van der Waals surface area contributed by atoms with Crippen molar-refractivity contribution >= 4 is 18.1 Å². The molecule has 0 spiro atoms. The zero-order valence-electron chi connectivity index (χ0n) is 16.4. The number of nitrogens with zero attached hydrogens (tertiary/aromatic N) is 1. The highest BCUT2D eigenvalue weighted by atomic mass is 19.4. The molecule has 0 aliphatic heterocycles. The van der Waals surface area contributed by atoms with Crippen molar-refractivity contribution < 1.29 is 37.0 Å². The third-order valence-corrected chi connectivity index (χ3v) is 3.33. The molecule has 1 aromatic rings. The number of ether oxygens (including phenoxy) is 3. The maximum absolute atomic E-state index is 13.0. The quantitative estimate of drug-likeness (QED) is 0.527. The lowest BCUT2D eigenvalue weighted by Gasteiger charge is -2.28. The first kappa shape index (κ1) is 23.3. The molecule has 1 aromatic carbocycles. The van der Waals surface area contributed by atoms with Gasteiger partial charge in [0.15, 0.2) is 0 Å². The van der Waals surface area contributed by atoms with Crippen LogP contribution in [0.15, 0.2) is 24.3 Å². The van der Waals surface area contributed by atoms with Crippen LogP contribution in [0.2, 0.25) is 0 Å². The highest BCUT2D eigenvalue weighted by Gasteiger charge is 2.35. The van der Waals surface area contributed by atoms with Crippen LogP contribution in [0.25, 0.3) is 6.08 Å². The lowest BCUT2D eigenvalue weighted by molar-refractivity contribution is -0.145. The van der Waals surface area contributed by atoms with Gasteiger partial charge in [0.05, 0.1) is 20.8 Å². The Morgan fingerprint density at radius 3 is 2.29 bits per heavy atom. The van der Waals surface area contributed by atoms with Crippen molar-refractivity contribution in [3.63, 3.8) is 0 Å². The molecule has 0 saturated heterocycles. The third kappa shape index (κ3) is 8.32. The van der Waals surface area contributed by atoms with Crippen LogP contribution in [-0.4, -0.2) is 49.5 Å². The summed E-state index contributed by atoms with van der Waals surface area (Å²) in [5.74, 6) is -0.234. The Hall–Kier alpha value is -2.71. The molecule has 0 aliphatic carbocycles. The average Bonchev–Trinajstić information content (AvgIpc) is 2.56. The van der Waals surface area contributed by atoms with Crippen molar-refractivity contribution in [2.45, 2.75) is 39.1 Å². The number of alkyl halides is 3. The maximum atomic E-state index is 13.0. The van der Waals surface area contributed by atoms with Gasteiger partial charge in [-0.3, -0.25) is 4.90 Å². The van der Waals surface area contributed by atoms with Crippen LogP contribution < -0.4 is 4.74 Å². The van der Waals surface area contributed by atoms with E-state index in [9.17, 15) is 22.8 Å². The number of amides is 1. The number of carbonyl (C=O) groups excluding carboxylic acids is 2. The molecule has 6 nitrogen and oxygen atoms in total. The Morgan fingerprint density at radius 1 is 1.14 bits per heavy atom. The summed E-state index contributed by atoms with van der Waals surface area (Å²) in [4.78, 5) is 24.2. The van der Waals surface area contributed by atoms with E-state index in [2.05, 4.69) is 4.74 Å². The second-order valence-electron chi connectivity index (χ2n) is 6.87. The van der Waals surface area contributed by atoms with E-state index in [-0.39, 0.29) is 0 Å². The van der Waals surface area contributed by atoms with Crippen molar-refractivity contribution in [2.75, 3.05) is 20.8 Å². The van der Waals surface area contributed by atoms with E-state index < -0.39 is 36.9 Å². The Morgan fingerprint density at radius 2 is 1.79 bits per heavy atom. The van der Waals surface area contributed by atoms with Gasteiger partial charge in [-0.25, -0.2) is 9.59 Å². The van der Waals surface area contributed by atoms with Crippen LogP contribution in [0.4, 0.5) is 18.0 Å². The Bertz CT molecular complexity index is 723. The number of hydrogen-bond acceptors (Lipinski definition) is 5. The molecule has 0 radical (unpaired) electrons. The van der Waals surface area contributed by atoms with Crippen molar-refractivity contribution in [3.05, 3.63) is 35.4 Å². The standard InChI is InChI=1S/C19H24F3NO5/c1-18(2,3)28-17(25)23(12-19(20,21)22)11-14-10-15(26-4)8-6-13(14)7-9-16(24)27-5/h6-10H,11-12H2,1-5H3/b9-7+. The van der Waals surface area contributed by atoms with Crippen LogP contribution in [-0.2, 0) is 20.8 Å². The molecule has 28 heavy (non-hydrogen) atoms. The van der Waals surface area contributed by atoms with Gasteiger partial charge < -0.3 is 14.2 Å². The molecule has 0 aliphatic rings. The molecule has 0 unspecified atom stereocenters. The minimum absolute atomic E-state index is 0.342. The van der Waals surface area contributed by atoms with Gasteiger partial charge in [-0.2, -0.15) is 13.2 Å². The summed E-state index contributed by atoms with van der Waals surface area (Å²) in [5.41, 5.74) is -0.181. The Kier molecular flexibility index (Phi) is 7.89. The van der Waals surface area contributed by atoms with Crippen LogP contribution in [0.1, 0.15) is 31.9 Å². The summed E-state index contributed by atoms with van der Waals surface area (Å²) in [6.07, 6.45) is -3.19. The number of benzene rings is 1. The normalized spacial score (nSPS) is 12.0. The summed E-state index contributed by atoms with van der Waals surface area (Å²) in [7, 11) is 2.61. The first-order chi connectivity index (χ1) is 12.8. The monoisotopic (exact) mass is 403 g/mol. The lowest BCUT2D eigenvalue weighted by Crippen LogP contribution is -2.41. The average molecular weight is 403 g/mol. The summed E-state index contributed by atoms with van der Waals surface area (Å²) in [6, 6.07) is 4.64. The maximum Gasteiger partial charge on any atom is 0.410 e. The molecule has 0 atom stereocenters. The van der Waals surface area contributed by atoms with Crippen LogP contribution in [0.5, 0.6) is 5.75 Å². The molecule has 0 heterocycles. The fourth-order valence-electron chi connectivity index (χ4n) is 2.17. The second-order valence-corrected chi connectivity index (χ2v) is 6.87. The van der Waals surface area contributed by atoms with Crippen LogP contribution in [0, 0.1) is 0 Å². The summed E-state index contributed by atoms with van der Waals surface area (Å²) < 4.78 is 53.7. The lowest BCUT2D eigenvalue weighted by atomic mass is 10.1. The summed E-state index contributed by atoms with van der Waals surface area (Å²) >= 11 is 0. The number of esters is 1. The molecule has 156 valence electrons. The second kappa shape index (κ2) is 9.48. The van der Waals surface area contributed by atoms with E-state index >= 15 is 0 Å². The predicted octanol–water partition coefficient (Wildman–Crippen LogP) is 4.18. The fourth-order valence-corrected chi connectivity index (χ4v) is 2.17. The highest BCUT2D eigenvalue weighted by Crippen LogP contribution is 2.25.